The number of hydrogen-bond acceptors (Lipinski definition) is 3. The molecule has 0 radical (unpaired) electrons. The number of fused-ring (bicyclic) bond motifs is 1. The first-order valence-electron chi connectivity index (χ1n) is 7.88. The smallest absolute Gasteiger partial charge is 0.252 e. The Balaban J connectivity index is 1.57. The van der Waals surface area contributed by atoms with Gasteiger partial charge in [0.15, 0.2) is 0 Å². The fourth-order valence-corrected chi connectivity index (χ4v) is 3.36. The zero-order chi connectivity index (χ0) is 15.5. The Hall–Kier alpha value is -2.17. The van der Waals surface area contributed by atoms with Crippen LogP contribution in [0, 0.1) is 11.8 Å². The van der Waals surface area contributed by atoms with Crippen molar-refractivity contribution in [1.82, 2.24) is 10.4 Å². The van der Waals surface area contributed by atoms with Gasteiger partial charge < -0.3 is 0 Å². The third-order valence-corrected chi connectivity index (χ3v) is 4.56. The second kappa shape index (κ2) is 6.30. The fraction of sp³-hybridized carbons (Fsp3) is 0.471. The molecule has 1 aliphatic carbocycles. The second-order valence-corrected chi connectivity index (χ2v) is 6.03. The van der Waals surface area contributed by atoms with Gasteiger partial charge in [-0.15, -0.1) is 0 Å². The van der Waals surface area contributed by atoms with Gasteiger partial charge in [-0.2, -0.15) is 5.01 Å². The van der Waals surface area contributed by atoms with E-state index in [0.717, 1.165) is 36.3 Å². The largest absolute Gasteiger partial charge is 0.273 e. The summed E-state index contributed by atoms with van der Waals surface area (Å²) >= 11 is 0. The van der Waals surface area contributed by atoms with Crippen molar-refractivity contribution in [3.05, 3.63) is 35.9 Å². The zero-order valence-corrected chi connectivity index (χ0v) is 12.5. The highest BCUT2D eigenvalue weighted by atomic mass is 16.2. The van der Waals surface area contributed by atoms with Gasteiger partial charge in [-0.05, 0) is 24.8 Å². The summed E-state index contributed by atoms with van der Waals surface area (Å²) in [6, 6.07) is 9.67. The molecule has 2 fully saturated rings. The van der Waals surface area contributed by atoms with E-state index in [1.165, 1.54) is 0 Å². The van der Waals surface area contributed by atoms with Crippen molar-refractivity contribution in [1.29, 1.82) is 0 Å². The summed E-state index contributed by atoms with van der Waals surface area (Å²) in [5.74, 6) is -1.21. The van der Waals surface area contributed by atoms with Gasteiger partial charge in [-0.25, -0.2) is 0 Å². The van der Waals surface area contributed by atoms with Crippen molar-refractivity contribution in [2.24, 2.45) is 11.8 Å². The maximum Gasteiger partial charge on any atom is 0.252 e. The van der Waals surface area contributed by atoms with E-state index in [0.29, 0.717) is 6.42 Å². The molecular formula is C17H20N2O3. The number of nitrogens with zero attached hydrogens (tertiary/aromatic N) is 1. The van der Waals surface area contributed by atoms with Crippen molar-refractivity contribution < 1.29 is 14.4 Å². The lowest BCUT2D eigenvalue weighted by atomic mass is 9.81. The van der Waals surface area contributed by atoms with Crippen molar-refractivity contribution >= 4 is 17.7 Å². The average molecular weight is 300 g/mol. The molecule has 1 N–H and O–H groups in total. The normalized spacial score (nSPS) is 24.3. The van der Waals surface area contributed by atoms with E-state index in [2.05, 4.69) is 5.43 Å². The topological polar surface area (TPSA) is 66.5 Å². The number of aryl methyl sites for hydroxylation is 1. The lowest BCUT2D eigenvalue weighted by molar-refractivity contribution is -0.149. The maximum absolute atomic E-state index is 12.3. The number of benzene rings is 1. The number of carbonyl (C=O) groups is 3. The van der Waals surface area contributed by atoms with Crippen molar-refractivity contribution in [3.63, 3.8) is 0 Å². The quantitative estimate of drug-likeness (QED) is 0.863. The molecule has 3 rings (SSSR count). The lowest BCUT2D eigenvalue weighted by Gasteiger charge is -2.19. The number of hydrogen-bond donors (Lipinski definition) is 1. The summed E-state index contributed by atoms with van der Waals surface area (Å²) in [6.45, 7) is 0. The molecule has 1 saturated heterocycles. The van der Waals surface area contributed by atoms with Crippen LogP contribution in [0.4, 0.5) is 0 Å². The van der Waals surface area contributed by atoms with Crippen LogP contribution in [0.25, 0.3) is 0 Å². The SMILES string of the molecule is O=C(CCc1ccccc1)NN1C(=O)[C@H]2CCCC[C@@H]2C1=O. The first-order chi connectivity index (χ1) is 10.7. The molecule has 0 bridgehead atoms. The van der Waals surface area contributed by atoms with Gasteiger partial charge in [0.25, 0.3) is 11.8 Å². The Kier molecular flexibility index (Phi) is 4.22. The highest BCUT2D eigenvalue weighted by molar-refractivity contribution is 6.06. The summed E-state index contributed by atoms with van der Waals surface area (Å²) in [7, 11) is 0. The molecule has 1 aliphatic heterocycles. The van der Waals surface area contributed by atoms with Gasteiger partial charge in [-0.3, -0.25) is 19.8 Å². The summed E-state index contributed by atoms with van der Waals surface area (Å²) in [5, 5.41) is 0.966. The van der Waals surface area contributed by atoms with Crippen molar-refractivity contribution in [2.45, 2.75) is 38.5 Å². The molecule has 3 amide bonds. The minimum Gasteiger partial charge on any atom is -0.273 e. The number of amides is 3. The van der Waals surface area contributed by atoms with Gasteiger partial charge in [0.05, 0.1) is 11.8 Å². The number of rotatable bonds is 4. The van der Waals surface area contributed by atoms with E-state index in [4.69, 9.17) is 0 Å². The van der Waals surface area contributed by atoms with Gasteiger partial charge >= 0.3 is 0 Å². The minimum absolute atomic E-state index is 0.226. The highest BCUT2D eigenvalue weighted by Gasteiger charge is 2.48. The van der Waals surface area contributed by atoms with Crippen LogP contribution >= 0.6 is 0 Å². The molecule has 5 heteroatoms. The minimum atomic E-state index is -0.288. The Bertz CT molecular complexity index is 561. The Morgan fingerprint density at radius 1 is 1.05 bits per heavy atom. The third kappa shape index (κ3) is 2.89. The number of nitrogens with one attached hydrogen (secondary N) is 1. The Labute approximate surface area is 129 Å². The molecule has 2 atom stereocenters. The average Bonchev–Trinajstić information content (AvgIpc) is 2.79. The van der Waals surface area contributed by atoms with Crippen molar-refractivity contribution in [3.8, 4) is 0 Å². The second-order valence-electron chi connectivity index (χ2n) is 6.03. The van der Waals surface area contributed by atoms with Gasteiger partial charge in [-0.1, -0.05) is 43.2 Å². The number of carbonyl (C=O) groups excluding carboxylic acids is 3. The van der Waals surface area contributed by atoms with Crippen LogP contribution in [0.5, 0.6) is 0 Å². The predicted octanol–water partition coefficient (Wildman–Crippen LogP) is 1.83. The predicted molar refractivity (Wildman–Crippen MR) is 80.2 cm³/mol. The van der Waals surface area contributed by atoms with Gasteiger partial charge in [0, 0.05) is 6.42 Å². The Morgan fingerprint density at radius 2 is 1.64 bits per heavy atom. The van der Waals surface area contributed by atoms with Crippen LogP contribution in [0.1, 0.15) is 37.7 Å². The molecule has 0 aromatic heterocycles. The summed E-state index contributed by atoms with van der Waals surface area (Å²) < 4.78 is 0. The molecule has 116 valence electrons. The first-order valence-corrected chi connectivity index (χ1v) is 7.88. The molecule has 5 nitrogen and oxygen atoms in total. The molecule has 1 saturated carbocycles. The van der Waals surface area contributed by atoms with Gasteiger partial charge in [0.2, 0.25) is 5.91 Å². The van der Waals surface area contributed by atoms with E-state index in [1.807, 2.05) is 30.3 Å². The van der Waals surface area contributed by atoms with Crippen LogP contribution < -0.4 is 5.43 Å². The number of imide groups is 1. The summed E-state index contributed by atoms with van der Waals surface area (Å²) in [6.07, 6.45) is 4.33. The molecule has 1 aromatic carbocycles. The standard InChI is InChI=1S/C17H20N2O3/c20-15(11-10-12-6-2-1-3-7-12)18-19-16(21)13-8-4-5-9-14(13)17(19)22/h1-3,6-7,13-14H,4-5,8-11H2,(H,18,20)/t13-,14-/m0/s1. The van der Waals surface area contributed by atoms with Crippen LogP contribution in [0.2, 0.25) is 0 Å². The van der Waals surface area contributed by atoms with Gasteiger partial charge in [0.1, 0.15) is 0 Å². The van der Waals surface area contributed by atoms with Crippen molar-refractivity contribution in [2.75, 3.05) is 0 Å². The summed E-state index contributed by atoms with van der Waals surface area (Å²) in [4.78, 5) is 36.5. The molecule has 1 heterocycles. The molecule has 0 spiro atoms. The lowest BCUT2D eigenvalue weighted by Crippen LogP contribution is -2.46. The van der Waals surface area contributed by atoms with Crippen LogP contribution in [-0.2, 0) is 20.8 Å². The Morgan fingerprint density at radius 3 is 2.23 bits per heavy atom. The summed E-state index contributed by atoms with van der Waals surface area (Å²) in [5.41, 5.74) is 3.56. The molecular weight excluding hydrogens is 280 g/mol. The monoisotopic (exact) mass is 300 g/mol. The maximum atomic E-state index is 12.3. The van der Waals surface area contributed by atoms with Crippen LogP contribution in [0.3, 0.4) is 0 Å². The molecule has 1 aromatic rings. The van der Waals surface area contributed by atoms with E-state index in [9.17, 15) is 14.4 Å². The zero-order valence-electron chi connectivity index (χ0n) is 12.5. The molecule has 2 aliphatic rings. The van der Waals surface area contributed by atoms with E-state index in [1.54, 1.807) is 0 Å². The van der Waals surface area contributed by atoms with E-state index in [-0.39, 0.29) is 36.0 Å². The first kappa shape index (κ1) is 14.8. The van der Waals surface area contributed by atoms with E-state index >= 15 is 0 Å². The van der Waals surface area contributed by atoms with Crippen LogP contribution in [-0.4, -0.2) is 22.7 Å². The number of hydrazine groups is 1. The highest BCUT2D eigenvalue weighted by Crippen LogP contribution is 2.37. The van der Waals surface area contributed by atoms with Crippen LogP contribution in [0.15, 0.2) is 30.3 Å². The molecule has 0 unspecified atom stereocenters. The fourth-order valence-electron chi connectivity index (χ4n) is 3.36. The van der Waals surface area contributed by atoms with E-state index < -0.39 is 0 Å². The molecule has 22 heavy (non-hydrogen) atoms. The third-order valence-electron chi connectivity index (χ3n) is 4.56.